The van der Waals surface area contributed by atoms with Crippen molar-refractivity contribution in [3.05, 3.63) is 77.7 Å². The first-order valence-electron chi connectivity index (χ1n) is 12.6. The molecule has 6 rings (SSSR count). The van der Waals surface area contributed by atoms with Gasteiger partial charge in [0.15, 0.2) is 5.65 Å². The molecule has 2 fully saturated rings. The SMILES string of the molecule is CN1CCN(c2ccc(-c3cnc4ccnn4c3)cc2)CC1.CN1CCN(c2ccc(Br)cc2)CC1. The molecule has 0 bridgehead atoms. The minimum atomic E-state index is 0.873. The lowest BCUT2D eigenvalue weighted by molar-refractivity contribution is 0.313. The van der Waals surface area contributed by atoms with E-state index in [0.29, 0.717) is 0 Å². The molecule has 7 nitrogen and oxygen atoms in total. The highest BCUT2D eigenvalue weighted by atomic mass is 79.9. The normalized spacial score (nSPS) is 17.2. The van der Waals surface area contributed by atoms with E-state index in [1.165, 1.54) is 16.9 Å². The fraction of sp³-hybridized carbons (Fsp3) is 0.357. The Bertz CT molecular complexity index is 1240. The Kier molecular flexibility index (Phi) is 7.84. The molecule has 0 atom stereocenters. The second-order valence-electron chi connectivity index (χ2n) is 9.58. The summed E-state index contributed by atoms with van der Waals surface area (Å²) in [6, 6.07) is 19.2. The summed E-state index contributed by atoms with van der Waals surface area (Å²) in [6.45, 7) is 9.04. The van der Waals surface area contributed by atoms with Crippen molar-refractivity contribution < 1.29 is 0 Å². The van der Waals surface area contributed by atoms with Gasteiger partial charge in [0.05, 0.1) is 6.20 Å². The highest BCUT2D eigenvalue weighted by Gasteiger charge is 2.15. The number of anilines is 2. The number of piperazine rings is 2. The standard InChI is InChI=1S/C17H19N5.C11H15BrN2/c1-20-8-10-21(11-9-20)16-4-2-14(3-5-16)15-12-18-17-6-7-19-22(17)13-15;1-13-6-8-14(9-7-13)11-4-2-10(12)3-5-11/h2-7,12-13H,8-11H2,1H3;2-5H,6-9H2,1H3. The number of nitrogens with zero attached hydrogens (tertiary/aromatic N) is 7. The Hall–Kier alpha value is -2.94. The molecule has 2 saturated heterocycles. The molecule has 8 heteroatoms. The van der Waals surface area contributed by atoms with Gasteiger partial charge in [0.1, 0.15) is 0 Å². The van der Waals surface area contributed by atoms with Crippen LogP contribution in [0.3, 0.4) is 0 Å². The predicted molar refractivity (Wildman–Crippen MR) is 152 cm³/mol. The molecule has 2 aromatic carbocycles. The fourth-order valence-electron chi connectivity index (χ4n) is 4.60. The minimum absolute atomic E-state index is 0.873. The Morgan fingerprint density at radius 1 is 0.639 bits per heavy atom. The largest absolute Gasteiger partial charge is 0.369 e. The van der Waals surface area contributed by atoms with Crippen LogP contribution in [0, 0.1) is 0 Å². The molecule has 188 valence electrons. The zero-order chi connectivity index (χ0) is 24.9. The second kappa shape index (κ2) is 11.4. The third kappa shape index (κ3) is 6.06. The van der Waals surface area contributed by atoms with Gasteiger partial charge >= 0.3 is 0 Å². The molecule has 2 aromatic heterocycles. The Morgan fingerprint density at radius 2 is 1.17 bits per heavy atom. The van der Waals surface area contributed by atoms with E-state index in [-0.39, 0.29) is 0 Å². The van der Waals surface area contributed by atoms with Crippen LogP contribution < -0.4 is 9.80 Å². The molecule has 2 aliphatic heterocycles. The summed E-state index contributed by atoms with van der Waals surface area (Å²) in [6.07, 6.45) is 5.69. The van der Waals surface area contributed by atoms with Gasteiger partial charge < -0.3 is 19.6 Å². The zero-order valence-electron chi connectivity index (χ0n) is 21.1. The maximum atomic E-state index is 4.42. The van der Waals surface area contributed by atoms with Gasteiger partial charge in [0.2, 0.25) is 0 Å². The van der Waals surface area contributed by atoms with Gasteiger partial charge in [-0.15, -0.1) is 0 Å². The summed E-state index contributed by atoms with van der Waals surface area (Å²) in [5, 5.41) is 4.24. The molecular weight excluding hydrogens is 514 g/mol. The zero-order valence-corrected chi connectivity index (χ0v) is 22.7. The quantitative estimate of drug-likeness (QED) is 0.380. The number of hydrogen-bond acceptors (Lipinski definition) is 6. The average molecular weight is 549 g/mol. The molecule has 0 amide bonds. The highest BCUT2D eigenvalue weighted by Crippen LogP contribution is 2.24. The lowest BCUT2D eigenvalue weighted by Gasteiger charge is -2.34. The summed E-state index contributed by atoms with van der Waals surface area (Å²) in [5.41, 5.74) is 5.76. The maximum absolute atomic E-state index is 4.42. The molecule has 4 aromatic rings. The first kappa shape index (κ1) is 24.7. The van der Waals surface area contributed by atoms with Gasteiger partial charge in [0, 0.05) is 92.2 Å². The van der Waals surface area contributed by atoms with Gasteiger partial charge in [-0.2, -0.15) is 5.10 Å². The average Bonchev–Trinajstić information content (AvgIpc) is 3.39. The summed E-state index contributed by atoms with van der Waals surface area (Å²) in [5.74, 6) is 0. The van der Waals surface area contributed by atoms with Crippen molar-refractivity contribution in [1.29, 1.82) is 0 Å². The lowest BCUT2D eigenvalue weighted by atomic mass is 10.1. The van der Waals surface area contributed by atoms with Crippen LogP contribution in [0.25, 0.3) is 16.8 Å². The van der Waals surface area contributed by atoms with E-state index in [9.17, 15) is 0 Å². The number of aromatic nitrogens is 3. The van der Waals surface area contributed by atoms with Crippen molar-refractivity contribution in [2.45, 2.75) is 0 Å². The lowest BCUT2D eigenvalue weighted by Crippen LogP contribution is -2.44. The van der Waals surface area contributed by atoms with E-state index in [1.807, 2.05) is 23.0 Å². The number of rotatable bonds is 3. The van der Waals surface area contributed by atoms with Crippen LogP contribution in [0.4, 0.5) is 11.4 Å². The van der Waals surface area contributed by atoms with Crippen LogP contribution in [0.2, 0.25) is 0 Å². The molecule has 0 N–H and O–H groups in total. The molecule has 4 heterocycles. The number of halogens is 1. The van der Waals surface area contributed by atoms with Crippen molar-refractivity contribution in [3.8, 4) is 11.1 Å². The predicted octanol–water partition coefficient (Wildman–Crippen LogP) is 4.35. The van der Waals surface area contributed by atoms with E-state index in [2.05, 4.69) is 108 Å². The third-order valence-corrected chi connectivity index (χ3v) is 7.54. The smallest absolute Gasteiger partial charge is 0.154 e. The number of hydrogen-bond donors (Lipinski definition) is 0. The van der Waals surface area contributed by atoms with Crippen LogP contribution >= 0.6 is 15.9 Å². The van der Waals surface area contributed by atoms with Gasteiger partial charge in [0.25, 0.3) is 0 Å². The molecule has 2 aliphatic rings. The number of likely N-dealkylation sites (N-methyl/N-ethyl adjacent to an activating group) is 2. The molecule has 0 aliphatic carbocycles. The van der Waals surface area contributed by atoms with Crippen molar-refractivity contribution >= 4 is 33.0 Å². The molecule has 0 spiro atoms. The van der Waals surface area contributed by atoms with Gasteiger partial charge in [-0.05, 0) is 56.1 Å². The summed E-state index contributed by atoms with van der Waals surface area (Å²) in [7, 11) is 4.36. The molecule has 0 radical (unpaired) electrons. The summed E-state index contributed by atoms with van der Waals surface area (Å²) < 4.78 is 2.96. The van der Waals surface area contributed by atoms with E-state index in [0.717, 1.165) is 68.0 Å². The van der Waals surface area contributed by atoms with Crippen LogP contribution in [-0.2, 0) is 0 Å². The van der Waals surface area contributed by atoms with Crippen molar-refractivity contribution in [1.82, 2.24) is 24.4 Å². The molecule has 0 saturated carbocycles. The van der Waals surface area contributed by atoms with Crippen LogP contribution in [0.5, 0.6) is 0 Å². The monoisotopic (exact) mass is 547 g/mol. The topological polar surface area (TPSA) is 43.2 Å². The first-order chi connectivity index (χ1) is 17.5. The van der Waals surface area contributed by atoms with E-state index < -0.39 is 0 Å². The minimum Gasteiger partial charge on any atom is -0.369 e. The molecule has 36 heavy (non-hydrogen) atoms. The second-order valence-corrected chi connectivity index (χ2v) is 10.5. The Balaban J connectivity index is 0.000000165. The van der Waals surface area contributed by atoms with Gasteiger partial charge in [-0.25, -0.2) is 9.50 Å². The first-order valence-corrected chi connectivity index (χ1v) is 13.4. The van der Waals surface area contributed by atoms with Crippen molar-refractivity contribution in [2.24, 2.45) is 0 Å². The number of fused-ring (bicyclic) bond motifs is 1. The fourth-order valence-corrected chi connectivity index (χ4v) is 4.87. The highest BCUT2D eigenvalue weighted by molar-refractivity contribution is 9.10. The van der Waals surface area contributed by atoms with E-state index in [4.69, 9.17) is 0 Å². The van der Waals surface area contributed by atoms with Crippen molar-refractivity contribution in [2.75, 3.05) is 76.3 Å². The summed E-state index contributed by atoms with van der Waals surface area (Å²) in [4.78, 5) is 14.0. The van der Waals surface area contributed by atoms with E-state index in [1.54, 1.807) is 6.20 Å². The maximum Gasteiger partial charge on any atom is 0.154 e. The van der Waals surface area contributed by atoms with Gasteiger partial charge in [-0.3, -0.25) is 0 Å². The Morgan fingerprint density at radius 3 is 1.72 bits per heavy atom. The number of benzene rings is 2. The Labute approximate surface area is 222 Å². The van der Waals surface area contributed by atoms with Crippen LogP contribution in [-0.4, -0.2) is 90.9 Å². The molecule has 0 unspecified atom stereocenters. The molecular formula is C28H34BrN7. The third-order valence-electron chi connectivity index (χ3n) is 7.01. The van der Waals surface area contributed by atoms with E-state index >= 15 is 0 Å². The van der Waals surface area contributed by atoms with Gasteiger partial charge in [-0.1, -0.05) is 28.1 Å². The van der Waals surface area contributed by atoms with Crippen molar-refractivity contribution in [3.63, 3.8) is 0 Å². The van der Waals surface area contributed by atoms with Crippen LogP contribution in [0.15, 0.2) is 77.7 Å². The van der Waals surface area contributed by atoms with Crippen LogP contribution in [0.1, 0.15) is 0 Å². The summed E-state index contributed by atoms with van der Waals surface area (Å²) >= 11 is 3.45.